The van der Waals surface area contributed by atoms with Crippen molar-refractivity contribution >= 4 is 22.8 Å². The van der Waals surface area contributed by atoms with Crippen LogP contribution in [0.3, 0.4) is 0 Å². The molecule has 2 aromatic heterocycles. The van der Waals surface area contributed by atoms with Crippen LogP contribution in [0.4, 0.5) is 5.82 Å². The Labute approximate surface area is 155 Å². The molecule has 0 saturated carbocycles. The van der Waals surface area contributed by atoms with Gasteiger partial charge in [0.2, 0.25) is 5.91 Å². The number of carbonyl (C=O) groups excluding carboxylic acids is 1. The van der Waals surface area contributed by atoms with Gasteiger partial charge < -0.3 is 9.32 Å². The summed E-state index contributed by atoms with van der Waals surface area (Å²) in [5, 5.41) is 4.46. The van der Waals surface area contributed by atoms with Gasteiger partial charge >= 0.3 is 0 Å². The van der Waals surface area contributed by atoms with Crippen LogP contribution in [-0.2, 0) is 4.79 Å². The summed E-state index contributed by atoms with van der Waals surface area (Å²) in [5.74, 6) is 0.995. The molecular weight excluding hydrogens is 346 g/mol. The topological polar surface area (TPSA) is 93.3 Å². The summed E-state index contributed by atoms with van der Waals surface area (Å²) in [5.41, 5.74) is 5.04. The van der Waals surface area contributed by atoms with Crippen molar-refractivity contribution in [2.75, 3.05) is 23.4 Å². The Morgan fingerprint density at radius 3 is 2.78 bits per heavy atom. The van der Waals surface area contributed by atoms with Gasteiger partial charge in [0, 0.05) is 31.6 Å². The van der Waals surface area contributed by atoms with Gasteiger partial charge in [-0.15, -0.1) is 9.89 Å². The minimum Gasteiger partial charge on any atom is -0.443 e. The molecule has 1 aliphatic rings. The van der Waals surface area contributed by atoms with E-state index in [1.165, 1.54) is 19.4 Å². The Kier molecular flexibility index (Phi) is 4.39. The number of amides is 1. The number of fused-ring (bicyclic) bond motifs is 1. The summed E-state index contributed by atoms with van der Waals surface area (Å²) in [7, 11) is 0. The first kappa shape index (κ1) is 17.3. The van der Waals surface area contributed by atoms with Crippen molar-refractivity contribution in [1.82, 2.24) is 14.9 Å². The molecular formula is C19H21N5O3. The van der Waals surface area contributed by atoms with Crippen LogP contribution < -0.4 is 15.9 Å². The molecule has 8 heteroatoms. The molecule has 8 nitrogen and oxygen atoms in total. The van der Waals surface area contributed by atoms with E-state index in [2.05, 4.69) is 27.3 Å². The maximum atomic E-state index is 12.5. The molecule has 0 bridgehead atoms. The van der Waals surface area contributed by atoms with Gasteiger partial charge in [-0.2, -0.15) is 0 Å². The average Bonchev–Trinajstić information content (AvgIpc) is 3.11. The van der Waals surface area contributed by atoms with Crippen molar-refractivity contribution in [3.63, 3.8) is 0 Å². The first-order valence-electron chi connectivity index (χ1n) is 9.02. The van der Waals surface area contributed by atoms with Gasteiger partial charge in [-0.25, -0.2) is 10.4 Å². The molecule has 0 radical (unpaired) electrons. The van der Waals surface area contributed by atoms with Crippen LogP contribution in [-0.4, -0.2) is 33.9 Å². The predicted octanol–water partition coefficient (Wildman–Crippen LogP) is 2.38. The van der Waals surface area contributed by atoms with Crippen LogP contribution in [0.2, 0.25) is 0 Å². The van der Waals surface area contributed by atoms with Crippen molar-refractivity contribution in [3.05, 3.63) is 41.0 Å². The second-order valence-electron chi connectivity index (χ2n) is 7.00. The fraction of sp³-hybridized carbons (Fsp3) is 0.368. The largest absolute Gasteiger partial charge is 0.443 e. The number of hydrogen-bond donors (Lipinski definition) is 1. The normalized spacial score (nSPS) is 15.3. The minimum absolute atomic E-state index is 0.348. The Morgan fingerprint density at radius 2 is 2.04 bits per heavy atom. The van der Waals surface area contributed by atoms with E-state index in [1.54, 1.807) is 0 Å². The molecule has 27 heavy (non-hydrogen) atoms. The fourth-order valence-corrected chi connectivity index (χ4v) is 3.37. The van der Waals surface area contributed by atoms with Crippen molar-refractivity contribution in [2.45, 2.75) is 26.7 Å². The van der Waals surface area contributed by atoms with Gasteiger partial charge in [0.1, 0.15) is 5.52 Å². The lowest BCUT2D eigenvalue weighted by Crippen LogP contribution is -2.39. The lowest BCUT2D eigenvalue weighted by molar-refractivity contribution is -0.115. The molecule has 1 N–H and O–H groups in total. The Balaban J connectivity index is 1.84. The molecule has 1 aliphatic heterocycles. The van der Waals surface area contributed by atoms with E-state index in [4.69, 9.17) is 4.42 Å². The maximum absolute atomic E-state index is 12.5. The van der Waals surface area contributed by atoms with Crippen molar-refractivity contribution < 1.29 is 9.21 Å². The molecule has 1 aromatic carbocycles. The number of nitrogens with one attached hydrogen (secondary N) is 1. The number of anilines is 1. The van der Waals surface area contributed by atoms with Crippen LogP contribution in [0.25, 0.3) is 22.2 Å². The zero-order valence-corrected chi connectivity index (χ0v) is 15.3. The zero-order chi connectivity index (χ0) is 19.0. The van der Waals surface area contributed by atoms with Crippen LogP contribution in [0, 0.1) is 5.92 Å². The summed E-state index contributed by atoms with van der Waals surface area (Å²) in [6.07, 6.45) is 3.51. The zero-order valence-electron chi connectivity index (χ0n) is 15.3. The van der Waals surface area contributed by atoms with Crippen LogP contribution >= 0.6 is 0 Å². The fourth-order valence-electron chi connectivity index (χ4n) is 3.37. The standard InChI is InChI=1S/C19H21N5O3/c1-12-5-7-23(8-6-12)19-15(10-18(26)24(22-19)21-13(2)25)14-3-4-17-16(9-14)20-11-27-17/h3-4,9-12H,5-8H2,1-2H3,(H,21,25). The van der Waals surface area contributed by atoms with E-state index in [0.29, 0.717) is 17.3 Å². The first-order chi connectivity index (χ1) is 13.0. The molecule has 0 aliphatic carbocycles. The summed E-state index contributed by atoms with van der Waals surface area (Å²) < 4.78 is 5.30. The van der Waals surface area contributed by atoms with Crippen molar-refractivity contribution in [2.24, 2.45) is 5.92 Å². The Morgan fingerprint density at radius 1 is 1.26 bits per heavy atom. The lowest BCUT2D eigenvalue weighted by Gasteiger charge is -2.32. The molecule has 4 rings (SSSR count). The monoisotopic (exact) mass is 367 g/mol. The SMILES string of the molecule is CC(=O)Nn1nc(N2CCC(C)CC2)c(-c2ccc3ocnc3c2)cc1=O. The smallest absolute Gasteiger partial charge is 0.287 e. The van der Waals surface area contributed by atoms with Gasteiger partial charge in [0.25, 0.3) is 5.56 Å². The van der Waals surface area contributed by atoms with E-state index in [-0.39, 0.29) is 5.91 Å². The lowest BCUT2D eigenvalue weighted by atomic mass is 9.98. The third kappa shape index (κ3) is 3.42. The third-order valence-corrected chi connectivity index (χ3v) is 4.90. The predicted molar refractivity (Wildman–Crippen MR) is 102 cm³/mol. The van der Waals surface area contributed by atoms with E-state index >= 15 is 0 Å². The van der Waals surface area contributed by atoms with Gasteiger partial charge in [-0.05, 0) is 36.5 Å². The van der Waals surface area contributed by atoms with E-state index in [1.807, 2.05) is 18.2 Å². The molecule has 1 saturated heterocycles. The highest BCUT2D eigenvalue weighted by Gasteiger charge is 2.22. The van der Waals surface area contributed by atoms with Crippen LogP contribution in [0.5, 0.6) is 0 Å². The second kappa shape index (κ2) is 6.86. The number of carbonyl (C=O) groups is 1. The quantitative estimate of drug-likeness (QED) is 0.764. The molecule has 0 spiro atoms. The molecule has 1 fully saturated rings. The number of nitrogens with zero attached hydrogens (tertiary/aromatic N) is 4. The average molecular weight is 367 g/mol. The van der Waals surface area contributed by atoms with Gasteiger partial charge in [0.15, 0.2) is 17.8 Å². The minimum atomic E-state index is -0.394. The molecule has 140 valence electrons. The maximum Gasteiger partial charge on any atom is 0.287 e. The highest BCUT2D eigenvalue weighted by molar-refractivity contribution is 5.84. The number of oxazole rings is 1. The van der Waals surface area contributed by atoms with E-state index in [0.717, 1.165) is 47.4 Å². The van der Waals surface area contributed by atoms with E-state index < -0.39 is 5.56 Å². The molecule has 1 amide bonds. The Bertz CT molecular complexity index is 1050. The van der Waals surface area contributed by atoms with Gasteiger partial charge in [-0.1, -0.05) is 13.0 Å². The number of aromatic nitrogens is 3. The van der Waals surface area contributed by atoms with Gasteiger partial charge in [0.05, 0.1) is 0 Å². The summed E-state index contributed by atoms with van der Waals surface area (Å²) in [4.78, 5) is 31.3. The molecule has 0 unspecified atom stereocenters. The third-order valence-electron chi connectivity index (χ3n) is 4.90. The van der Waals surface area contributed by atoms with Crippen LogP contribution in [0.15, 0.2) is 39.9 Å². The highest BCUT2D eigenvalue weighted by atomic mass is 16.3. The first-order valence-corrected chi connectivity index (χ1v) is 9.02. The molecule has 3 heterocycles. The molecule has 0 atom stereocenters. The Hall–Kier alpha value is -3.16. The summed E-state index contributed by atoms with van der Waals surface area (Å²) in [6, 6.07) is 7.12. The number of benzene rings is 1. The van der Waals surface area contributed by atoms with Gasteiger partial charge in [-0.3, -0.25) is 9.59 Å². The highest BCUT2D eigenvalue weighted by Crippen LogP contribution is 2.32. The summed E-state index contributed by atoms with van der Waals surface area (Å²) in [6.45, 7) is 5.29. The molecule has 3 aromatic rings. The van der Waals surface area contributed by atoms with Crippen LogP contribution in [0.1, 0.15) is 26.7 Å². The number of hydrogen-bond acceptors (Lipinski definition) is 6. The number of piperidine rings is 1. The van der Waals surface area contributed by atoms with Crippen molar-refractivity contribution in [1.29, 1.82) is 0 Å². The van der Waals surface area contributed by atoms with Crippen molar-refractivity contribution in [3.8, 4) is 11.1 Å². The number of rotatable bonds is 3. The van der Waals surface area contributed by atoms with E-state index in [9.17, 15) is 9.59 Å². The second-order valence-corrected chi connectivity index (χ2v) is 7.00. The summed E-state index contributed by atoms with van der Waals surface area (Å²) >= 11 is 0.